The molecule has 0 spiro atoms. The van der Waals surface area contributed by atoms with Crippen LogP contribution in [-0.4, -0.2) is 14.9 Å². The van der Waals surface area contributed by atoms with E-state index in [1.807, 2.05) is 6.92 Å². The van der Waals surface area contributed by atoms with Crippen LogP contribution in [0.15, 0.2) is 28.9 Å². The van der Waals surface area contributed by atoms with Crippen molar-refractivity contribution in [1.82, 2.24) is 9.78 Å². The molecule has 1 unspecified atom stereocenters. The maximum atomic E-state index is 13.7. The molecule has 1 aromatic carbocycles. The van der Waals surface area contributed by atoms with E-state index in [-0.39, 0.29) is 5.56 Å². The zero-order valence-corrected chi connectivity index (χ0v) is 11.8. The van der Waals surface area contributed by atoms with Gasteiger partial charge in [-0.05, 0) is 24.6 Å². The second-order valence-electron chi connectivity index (χ2n) is 4.13. The largest absolute Gasteiger partial charge is 0.383 e. The van der Waals surface area contributed by atoms with Crippen molar-refractivity contribution in [3.05, 3.63) is 51.5 Å². The predicted octanol–water partition coefficient (Wildman–Crippen LogP) is 2.97. The van der Waals surface area contributed by atoms with Crippen LogP contribution in [0.1, 0.15) is 29.8 Å². The molecule has 1 atom stereocenters. The SMILES string of the molecule is CCc1nn(C)cc1C(O)c1cc(Br)ccc1F. The maximum absolute atomic E-state index is 13.7. The fourth-order valence-corrected chi connectivity index (χ4v) is 2.33. The molecule has 0 aliphatic carbocycles. The molecule has 0 amide bonds. The van der Waals surface area contributed by atoms with Gasteiger partial charge in [0, 0.05) is 28.8 Å². The molecule has 18 heavy (non-hydrogen) atoms. The van der Waals surface area contributed by atoms with Crippen molar-refractivity contribution >= 4 is 15.9 Å². The van der Waals surface area contributed by atoms with Crippen molar-refractivity contribution < 1.29 is 9.50 Å². The number of benzene rings is 1. The van der Waals surface area contributed by atoms with E-state index < -0.39 is 11.9 Å². The van der Waals surface area contributed by atoms with E-state index in [4.69, 9.17) is 0 Å². The van der Waals surface area contributed by atoms with Crippen LogP contribution in [0.5, 0.6) is 0 Å². The summed E-state index contributed by atoms with van der Waals surface area (Å²) in [7, 11) is 1.78. The summed E-state index contributed by atoms with van der Waals surface area (Å²) in [4.78, 5) is 0. The molecule has 2 rings (SSSR count). The summed E-state index contributed by atoms with van der Waals surface area (Å²) in [6, 6.07) is 4.53. The highest BCUT2D eigenvalue weighted by molar-refractivity contribution is 9.10. The van der Waals surface area contributed by atoms with Crippen LogP contribution in [0.2, 0.25) is 0 Å². The average Bonchev–Trinajstić information content (AvgIpc) is 2.72. The summed E-state index contributed by atoms with van der Waals surface area (Å²) < 4.78 is 16.1. The Morgan fingerprint density at radius 2 is 2.17 bits per heavy atom. The number of hydrogen-bond acceptors (Lipinski definition) is 2. The lowest BCUT2D eigenvalue weighted by atomic mass is 10.0. The quantitative estimate of drug-likeness (QED) is 0.946. The lowest BCUT2D eigenvalue weighted by Gasteiger charge is -2.12. The van der Waals surface area contributed by atoms with Crippen molar-refractivity contribution in [2.24, 2.45) is 7.05 Å². The van der Waals surface area contributed by atoms with Crippen molar-refractivity contribution in [2.45, 2.75) is 19.4 Å². The molecule has 5 heteroatoms. The molecule has 0 aliphatic rings. The molecule has 96 valence electrons. The Labute approximate surface area is 113 Å². The zero-order valence-electron chi connectivity index (χ0n) is 10.2. The Balaban J connectivity index is 2.46. The van der Waals surface area contributed by atoms with Gasteiger partial charge < -0.3 is 5.11 Å². The van der Waals surface area contributed by atoms with Crippen LogP contribution in [-0.2, 0) is 13.5 Å². The third-order valence-electron chi connectivity index (χ3n) is 2.82. The predicted molar refractivity (Wildman–Crippen MR) is 70.7 cm³/mol. The van der Waals surface area contributed by atoms with Crippen molar-refractivity contribution in [2.75, 3.05) is 0 Å². The van der Waals surface area contributed by atoms with Gasteiger partial charge in [-0.15, -0.1) is 0 Å². The lowest BCUT2D eigenvalue weighted by molar-refractivity contribution is 0.213. The second-order valence-corrected chi connectivity index (χ2v) is 5.04. The van der Waals surface area contributed by atoms with Gasteiger partial charge in [-0.3, -0.25) is 4.68 Å². The van der Waals surface area contributed by atoms with E-state index in [0.717, 1.165) is 10.2 Å². The first-order valence-electron chi connectivity index (χ1n) is 5.68. The van der Waals surface area contributed by atoms with E-state index in [9.17, 15) is 9.50 Å². The van der Waals surface area contributed by atoms with Crippen LogP contribution >= 0.6 is 15.9 Å². The number of hydrogen-bond donors (Lipinski definition) is 1. The highest BCUT2D eigenvalue weighted by atomic mass is 79.9. The molecule has 1 heterocycles. The van der Waals surface area contributed by atoms with Crippen LogP contribution < -0.4 is 0 Å². The first kappa shape index (κ1) is 13.2. The van der Waals surface area contributed by atoms with Crippen LogP contribution in [0, 0.1) is 5.82 Å². The Morgan fingerprint density at radius 1 is 1.44 bits per heavy atom. The van der Waals surface area contributed by atoms with Gasteiger partial charge >= 0.3 is 0 Å². The maximum Gasteiger partial charge on any atom is 0.129 e. The minimum atomic E-state index is -0.994. The smallest absolute Gasteiger partial charge is 0.129 e. The molecule has 2 aromatic rings. The summed E-state index contributed by atoms with van der Waals surface area (Å²) in [5.41, 5.74) is 1.69. The van der Waals surface area contributed by atoms with Gasteiger partial charge in [0.2, 0.25) is 0 Å². The summed E-state index contributed by atoms with van der Waals surface area (Å²) in [5, 5.41) is 14.6. The lowest BCUT2D eigenvalue weighted by Crippen LogP contribution is -2.04. The molecule has 1 N–H and O–H groups in total. The minimum Gasteiger partial charge on any atom is -0.383 e. The van der Waals surface area contributed by atoms with E-state index in [1.165, 1.54) is 6.07 Å². The highest BCUT2D eigenvalue weighted by Gasteiger charge is 2.20. The molecular weight excluding hydrogens is 299 g/mol. The van der Waals surface area contributed by atoms with Gasteiger partial charge in [-0.25, -0.2) is 4.39 Å². The Hall–Kier alpha value is -1.20. The molecule has 0 bridgehead atoms. The number of rotatable bonds is 3. The number of aryl methyl sites for hydroxylation is 2. The van der Waals surface area contributed by atoms with Gasteiger partial charge in [-0.2, -0.15) is 5.10 Å². The Kier molecular flexibility index (Phi) is 3.82. The summed E-state index contributed by atoms with van der Waals surface area (Å²) >= 11 is 3.28. The fraction of sp³-hybridized carbons (Fsp3) is 0.308. The zero-order chi connectivity index (χ0) is 13.3. The standard InChI is InChI=1S/C13H14BrFN2O/c1-3-12-10(7-17(2)16-12)13(18)9-6-8(14)4-5-11(9)15/h4-7,13,18H,3H2,1-2H3. The van der Waals surface area contributed by atoms with E-state index in [0.29, 0.717) is 12.0 Å². The third kappa shape index (κ3) is 2.47. The number of nitrogens with zero attached hydrogens (tertiary/aromatic N) is 2. The molecule has 0 fully saturated rings. The molecule has 0 aliphatic heterocycles. The fourth-order valence-electron chi connectivity index (χ4n) is 1.95. The Morgan fingerprint density at radius 3 is 2.83 bits per heavy atom. The van der Waals surface area contributed by atoms with Crippen LogP contribution in [0.4, 0.5) is 4.39 Å². The summed E-state index contributed by atoms with van der Waals surface area (Å²) in [5.74, 6) is -0.420. The first-order chi connectivity index (χ1) is 8.52. The van der Waals surface area contributed by atoms with Crippen LogP contribution in [0.3, 0.4) is 0 Å². The van der Waals surface area contributed by atoms with Gasteiger partial charge in [0.05, 0.1) is 5.69 Å². The molecular formula is C13H14BrFN2O. The molecule has 0 saturated carbocycles. The van der Waals surface area contributed by atoms with E-state index >= 15 is 0 Å². The van der Waals surface area contributed by atoms with Gasteiger partial charge in [0.15, 0.2) is 0 Å². The van der Waals surface area contributed by atoms with E-state index in [2.05, 4.69) is 21.0 Å². The topological polar surface area (TPSA) is 38.0 Å². The number of aliphatic hydroxyl groups is 1. The van der Waals surface area contributed by atoms with E-state index in [1.54, 1.807) is 30.1 Å². The monoisotopic (exact) mass is 312 g/mol. The molecule has 1 aromatic heterocycles. The normalized spacial score (nSPS) is 12.7. The van der Waals surface area contributed by atoms with Gasteiger partial charge in [0.1, 0.15) is 11.9 Å². The van der Waals surface area contributed by atoms with Crippen molar-refractivity contribution in [1.29, 1.82) is 0 Å². The van der Waals surface area contributed by atoms with Gasteiger partial charge in [0.25, 0.3) is 0 Å². The third-order valence-corrected chi connectivity index (χ3v) is 3.31. The van der Waals surface area contributed by atoms with Gasteiger partial charge in [-0.1, -0.05) is 22.9 Å². The molecule has 0 saturated heterocycles. The van der Waals surface area contributed by atoms with Crippen molar-refractivity contribution in [3.63, 3.8) is 0 Å². The number of halogens is 2. The Bertz CT molecular complexity index is 568. The van der Waals surface area contributed by atoms with Crippen LogP contribution in [0.25, 0.3) is 0 Å². The molecule has 0 radical (unpaired) electrons. The summed E-state index contributed by atoms with van der Waals surface area (Å²) in [6.07, 6.45) is 1.43. The summed E-state index contributed by atoms with van der Waals surface area (Å²) in [6.45, 7) is 1.95. The minimum absolute atomic E-state index is 0.257. The molecule has 3 nitrogen and oxygen atoms in total. The number of aliphatic hydroxyl groups excluding tert-OH is 1. The first-order valence-corrected chi connectivity index (χ1v) is 6.47. The second kappa shape index (κ2) is 5.20. The van der Waals surface area contributed by atoms with Crippen molar-refractivity contribution in [3.8, 4) is 0 Å². The average molecular weight is 313 g/mol. The highest BCUT2D eigenvalue weighted by Crippen LogP contribution is 2.28. The number of aromatic nitrogens is 2.